The third-order valence-corrected chi connectivity index (χ3v) is 5.58. The second-order valence-corrected chi connectivity index (χ2v) is 6.93. The van der Waals surface area contributed by atoms with Gasteiger partial charge in [-0.2, -0.15) is 0 Å². The Balaban J connectivity index is 1.55. The summed E-state index contributed by atoms with van der Waals surface area (Å²) in [6, 6.07) is 0.608. The van der Waals surface area contributed by atoms with Gasteiger partial charge < -0.3 is 16.0 Å². The van der Waals surface area contributed by atoms with Crippen LogP contribution in [0.5, 0.6) is 0 Å². The first-order chi connectivity index (χ1) is 10.2. The molecule has 21 heavy (non-hydrogen) atoms. The summed E-state index contributed by atoms with van der Waals surface area (Å²) >= 11 is 0. The van der Waals surface area contributed by atoms with E-state index in [1.807, 2.05) is 4.90 Å². The van der Waals surface area contributed by atoms with E-state index in [4.69, 9.17) is 5.73 Å². The SMILES string of the molecule is NCC1CCCC1NC(=O)C1CC(=O)N(C2CCCC2)C1. The number of hydrogen-bond donors (Lipinski definition) is 2. The van der Waals surface area contributed by atoms with Crippen molar-refractivity contribution in [3.05, 3.63) is 0 Å². The highest BCUT2D eigenvalue weighted by molar-refractivity contribution is 5.89. The zero-order chi connectivity index (χ0) is 14.8. The van der Waals surface area contributed by atoms with Crippen LogP contribution >= 0.6 is 0 Å². The molecule has 2 amide bonds. The van der Waals surface area contributed by atoms with Gasteiger partial charge in [0, 0.05) is 25.0 Å². The minimum Gasteiger partial charge on any atom is -0.353 e. The molecular weight excluding hydrogens is 266 g/mol. The Morgan fingerprint density at radius 1 is 1.19 bits per heavy atom. The van der Waals surface area contributed by atoms with Crippen molar-refractivity contribution in [1.82, 2.24) is 10.2 Å². The van der Waals surface area contributed by atoms with Gasteiger partial charge in [-0.25, -0.2) is 0 Å². The molecule has 3 N–H and O–H groups in total. The Kier molecular flexibility index (Phi) is 4.48. The van der Waals surface area contributed by atoms with E-state index in [0.29, 0.717) is 31.5 Å². The van der Waals surface area contributed by atoms with Gasteiger partial charge in [0.2, 0.25) is 11.8 Å². The molecule has 0 spiro atoms. The molecule has 3 unspecified atom stereocenters. The molecule has 0 aromatic rings. The lowest BCUT2D eigenvalue weighted by Gasteiger charge is -2.25. The highest BCUT2D eigenvalue weighted by Crippen LogP contribution is 2.30. The van der Waals surface area contributed by atoms with Crippen molar-refractivity contribution in [2.75, 3.05) is 13.1 Å². The summed E-state index contributed by atoms with van der Waals surface area (Å²) in [5.41, 5.74) is 5.77. The van der Waals surface area contributed by atoms with E-state index in [-0.39, 0.29) is 23.8 Å². The van der Waals surface area contributed by atoms with Crippen molar-refractivity contribution in [2.45, 2.75) is 63.5 Å². The highest BCUT2D eigenvalue weighted by Gasteiger charge is 2.39. The van der Waals surface area contributed by atoms with Crippen LogP contribution in [0, 0.1) is 11.8 Å². The Bertz CT molecular complexity index is 406. The number of hydrogen-bond acceptors (Lipinski definition) is 3. The fourth-order valence-electron chi connectivity index (χ4n) is 4.29. The molecular formula is C16H27N3O2. The third kappa shape index (κ3) is 3.07. The largest absolute Gasteiger partial charge is 0.353 e. The number of rotatable bonds is 4. The van der Waals surface area contributed by atoms with Crippen LogP contribution in [0.25, 0.3) is 0 Å². The van der Waals surface area contributed by atoms with Crippen LogP contribution in [-0.2, 0) is 9.59 Å². The molecule has 0 bridgehead atoms. The average molecular weight is 293 g/mol. The van der Waals surface area contributed by atoms with Crippen molar-refractivity contribution < 1.29 is 9.59 Å². The van der Waals surface area contributed by atoms with Crippen LogP contribution in [0.3, 0.4) is 0 Å². The van der Waals surface area contributed by atoms with Crippen molar-refractivity contribution in [1.29, 1.82) is 0 Å². The zero-order valence-electron chi connectivity index (χ0n) is 12.7. The molecule has 3 rings (SSSR count). The fraction of sp³-hybridized carbons (Fsp3) is 0.875. The number of nitrogens with zero attached hydrogens (tertiary/aromatic N) is 1. The minimum atomic E-state index is -0.155. The van der Waals surface area contributed by atoms with Gasteiger partial charge in [-0.1, -0.05) is 19.3 Å². The lowest BCUT2D eigenvalue weighted by atomic mass is 10.0. The molecule has 2 saturated carbocycles. The average Bonchev–Trinajstić information content (AvgIpc) is 3.17. The predicted octanol–water partition coefficient (Wildman–Crippen LogP) is 1.02. The Hall–Kier alpha value is -1.10. The van der Waals surface area contributed by atoms with Crippen LogP contribution in [0.15, 0.2) is 0 Å². The summed E-state index contributed by atoms with van der Waals surface area (Å²) in [6.45, 7) is 1.26. The van der Waals surface area contributed by atoms with E-state index in [1.54, 1.807) is 0 Å². The fourth-order valence-corrected chi connectivity index (χ4v) is 4.29. The Morgan fingerprint density at radius 2 is 1.95 bits per heavy atom. The molecule has 118 valence electrons. The van der Waals surface area contributed by atoms with Gasteiger partial charge in [0.25, 0.3) is 0 Å². The van der Waals surface area contributed by atoms with Crippen molar-refractivity contribution in [2.24, 2.45) is 17.6 Å². The maximum atomic E-state index is 12.4. The molecule has 3 atom stereocenters. The first-order valence-electron chi connectivity index (χ1n) is 8.49. The molecule has 5 nitrogen and oxygen atoms in total. The summed E-state index contributed by atoms with van der Waals surface area (Å²) in [5, 5.41) is 3.16. The van der Waals surface area contributed by atoms with Crippen molar-refractivity contribution >= 4 is 11.8 Å². The topological polar surface area (TPSA) is 75.4 Å². The second kappa shape index (κ2) is 6.34. The first-order valence-corrected chi connectivity index (χ1v) is 8.49. The molecule has 1 heterocycles. The van der Waals surface area contributed by atoms with E-state index in [2.05, 4.69) is 5.32 Å². The summed E-state index contributed by atoms with van der Waals surface area (Å²) < 4.78 is 0. The number of likely N-dealkylation sites (tertiary alicyclic amines) is 1. The summed E-state index contributed by atoms with van der Waals surface area (Å²) in [5.74, 6) is 0.493. The first kappa shape index (κ1) is 14.8. The van der Waals surface area contributed by atoms with Crippen LogP contribution in [0.2, 0.25) is 0 Å². The highest BCUT2D eigenvalue weighted by atomic mass is 16.2. The van der Waals surface area contributed by atoms with Crippen molar-refractivity contribution in [3.63, 3.8) is 0 Å². The third-order valence-electron chi connectivity index (χ3n) is 5.58. The molecule has 1 saturated heterocycles. The predicted molar refractivity (Wildman–Crippen MR) is 80.4 cm³/mol. The van der Waals surface area contributed by atoms with E-state index in [9.17, 15) is 9.59 Å². The molecule has 0 radical (unpaired) electrons. The molecule has 0 aromatic heterocycles. The number of nitrogens with two attached hydrogens (primary N) is 1. The Morgan fingerprint density at radius 3 is 2.67 bits per heavy atom. The molecule has 0 aromatic carbocycles. The van der Waals surface area contributed by atoms with Gasteiger partial charge in [-0.15, -0.1) is 0 Å². The minimum absolute atomic E-state index is 0.0641. The molecule has 1 aliphatic heterocycles. The lowest BCUT2D eigenvalue weighted by molar-refractivity contribution is -0.130. The molecule has 5 heteroatoms. The normalized spacial score (nSPS) is 33.9. The van der Waals surface area contributed by atoms with Gasteiger partial charge in [-0.05, 0) is 38.1 Å². The van der Waals surface area contributed by atoms with Gasteiger partial charge in [-0.3, -0.25) is 9.59 Å². The van der Waals surface area contributed by atoms with Gasteiger partial charge in [0.1, 0.15) is 0 Å². The number of carbonyl (C=O) groups is 2. The van der Waals surface area contributed by atoms with E-state index in [0.717, 1.165) is 32.1 Å². The Labute approximate surface area is 126 Å². The van der Waals surface area contributed by atoms with Crippen LogP contribution < -0.4 is 11.1 Å². The monoisotopic (exact) mass is 293 g/mol. The van der Waals surface area contributed by atoms with E-state index >= 15 is 0 Å². The van der Waals surface area contributed by atoms with Gasteiger partial charge in [0.15, 0.2) is 0 Å². The number of amides is 2. The van der Waals surface area contributed by atoms with Gasteiger partial charge >= 0.3 is 0 Å². The quantitative estimate of drug-likeness (QED) is 0.812. The lowest BCUT2D eigenvalue weighted by Crippen LogP contribution is -2.43. The summed E-state index contributed by atoms with van der Waals surface area (Å²) in [7, 11) is 0. The zero-order valence-corrected chi connectivity index (χ0v) is 12.7. The summed E-state index contributed by atoms with van der Waals surface area (Å²) in [4.78, 5) is 26.6. The van der Waals surface area contributed by atoms with Crippen LogP contribution in [0.4, 0.5) is 0 Å². The molecule has 3 aliphatic rings. The smallest absolute Gasteiger partial charge is 0.225 e. The second-order valence-electron chi connectivity index (χ2n) is 6.93. The van der Waals surface area contributed by atoms with E-state index < -0.39 is 0 Å². The van der Waals surface area contributed by atoms with E-state index in [1.165, 1.54) is 12.8 Å². The standard InChI is InChI=1S/C16H27N3O2/c17-9-11-4-3-7-14(11)18-16(21)12-8-15(20)19(10-12)13-5-1-2-6-13/h11-14H,1-10,17H2,(H,18,21). The van der Waals surface area contributed by atoms with Gasteiger partial charge in [0.05, 0.1) is 5.92 Å². The maximum absolute atomic E-state index is 12.4. The van der Waals surface area contributed by atoms with Crippen molar-refractivity contribution in [3.8, 4) is 0 Å². The molecule has 3 fully saturated rings. The summed E-state index contributed by atoms with van der Waals surface area (Å²) in [6.07, 6.45) is 8.32. The maximum Gasteiger partial charge on any atom is 0.225 e. The molecule has 2 aliphatic carbocycles. The number of carbonyl (C=O) groups excluding carboxylic acids is 2. The number of nitrogens with one attached hydrogen (secondary N) is 1. The van der Waals surface area contributed by atoms with Crippen LogP contribution in [0.1, 0.15) is 51.4 Å². The van der Waals surface area contributed by atoms with Crippen LogP contribution in [-0.4, -0.2) is 41.9 Å².